The second-order valence-corrected chi connectivity index (χ2v) is 7.57. The number of aromatic nitrogens is 2. The van der Waals surface area contributed by atoms with E-state index >= 15 is 0 Å². The summed E-state index contributed by atoms with van der Waals surface area (Å²) in [5.74, 6) is 0.765. The molecule has 0 saturated carbocycles. The quantitative estimate of drug-likeness (QED) is 0.766. The van der Waals surface area contributed by atoms with E-state index < -0.39 is 6.10 Å². The molecule has 1 fully saturated rings. The van der Waals surface area contributed by atoms with Crippen LogP contribution in [0, 0.1) is 5.92 Å². The first-order chi connectivity index (χ1) is 13.0. The molecule has 1 aromatic carbocycles. The molecule has 4 rings (SSSR count). The molecule has 0 aliphatic carbocycles. The first-order valence-corrected chi connectivity index (χ1v) is 9.57. The number of likely N-dealkylation sites (tertiary alicyclic amines) is 1. The van der Waals surface area contributed by atoms with Crippen molar-refractivity contribution in [2.75, 3.05) is 13.1 Å². The minimum absolute atomic E-state index is 0.0696. The molecule has 5 heteroatoms. The third kappa shape index (κ3) is 3.47. The predicted molar refractivity (Wildman–Crippen MR) is 106 cm³/mol. The number of nitrogens with zero attached hydrogens (tertiary/aromatic N) is 3. The van der Waals surface area contributed by atoms with E-state index in [0.29, 0.717) is 11.5 Å². The van der Waals surface area contributed by atoms with Gasteiger partial charge < -0.3 is 14.6 Å². The summed E-state index contributed by atoms with van der Waals surface area (Å²) in [6, 6.07) is 11.7. The van der Waals surface area contributed by atoms with Crippen LogP contribution in [-0.2, 0) is 0 Å². The maximum Gasteiger partial charge on any atom is 0.255 e. The van der Waals surface area contributed by atoms with Gasteiger partial charge in [0.2, 0.25) is 0 Å². The van der Waals surface area contributed by atoms with E-state index in [2.05, 4.69) is 11.9 Å². The standard InChI is InChI=1S/C22H25N3O2/c1-15-6-9-24(10-7-15)22(27)19-12-18-8-11-25(21(18)23-14-19)20-5-3-4-17(13-20)16(2)26/h3-5,8,11-16,26H,6-7,9-10H2,1-2H3. The van der Waals surface area contributed by atoms with Crippen molar-refractivity contribution in [3.8, 4) is 5.69 Å². The van der Waals surface area contributed by atoms with E-state index in [4.69, 9.17) is 0 Å². The van der Waals surface area contributed by atoms with Crippen LogP contribution in [0.5, 0.6) is 0 Å². The fourth-order valence-corrected chi connectivity index (χ4v) is 3.68. The maximum atomic E-state index is 12.8. The Hall–Kier alpha value is -2.66. The number of piperidine rings is 1. The second-order valence-electron chi connectivity index (χ2n) is 7.57. The van der Waals surface area contributed by atoms with Gasteiger partial charge in [0.25, 0.3) is 5.91 Å². The van der Waals surface area contributed by atoms with Gasteiger partial charge in [-0.1, -0.05) is 19.1 Å². The number of aliphatic hydroxyl groups is 1. The third-order valence-corrected chi connectivity index (χ3v) is 5.48. The van der Waals surface area contributed by atoms with Gasteiger partial charge in [-0.15, -0.1) is 0 Å². The molecule has 1 amide bonds. The zero-order valence-corrected chi connectivity index (χ0v) is 15.8. The first-order valence-electron chi connectivity index (χ1n) is 9.57. The number of hydrogen-bond acceptors (Lipinski definition) is 3. The lowest BCUT2D eigenvalue weighted by molar-refractivity contribution is 0.0697. The number of benzene rings is 1. The van der Waals surface area contributed by atoms with Crippen molar-refractivity contribution in [3.05, 3.63) is 59.9 Å². The highest BCUT2D eigenvalue weighted by molar-refractivity contribution is 5.97. The molecule has 2 aromatic heterocycles. The molecular weight excluding hydrogens is 338 g/mol. The molecule has 1 aliphatic rings. The minimum Gasteiger partial charge on any atom is -0.389 e. The third-order valence-electron chi connectivity index (χ3n) is 5.48. The predicted octanol–water partition coefficient (Wildman–Crippen LogP) is 3.95. The van der Waals surface area contributed by atoms with Gasteiger partial charge in [-0.05, 0) is 55.5 Å². The summed E-state index contributed by atoms with van der Waals surface area (Å²) in [4.78, 5) is 19.3. The van der Waals surface area contributed by atoms with Gasteiger partial charge in [-0.2, -0.15) is 0 Å². The van der Waals surface area contributed by atoms with Crippen LogP contribution in [0.15, 0.2) is 48.8 Å². The van der Waals surface area contributed by atoms with Crippen LogP contribution in [0.4, 0.5) is 0 Å². The van der Waals surface area contributed by atoms with Crippen molar-refractivity contribution >= 4 is 16.9 Å². The molecule has 1 N–H and O–H groups in total. The summed E-state index contributed by atoms with van der Waals surface area (Å²) < 4.78 is 1.98. The van der Waals surface area contributed by atoms with Crippen LogP contribution >= 0.6 is 0 Å². The van der Waals surface area contributed by atoms with E-state index in [0.717, 1.165) is 48.2 Å². The van der Waals surface area contributed by atoms with Crippen LogP contribution in [0.3, 0.4) is 0 Å². The molecule has 0 spiro atoms. The number of pyridine rings is 1. The topological polar surface area (TPSA) is 58.4 Å². The lowest BCUT2D eigenvalue weighted by atomic mass is 9.99. The largest absolute Gasteiger partial charge is 0.389 e. The smallest absolute Gasteiger partial charge is 0.255 e. The van der Waals surface area contributed by atoms with Gasteiger partial charge in [0.1, 0.15) is 5.65 Å². The zero-order valence-electron chi connectivity index (χ0n) is 15.8. The fourth-order valence-electron chi connectivity index (χ4n) is 3.68. The summed E-state index contributed by atoms with van der Waals surface area (Å²) in [5.41, 5.74) is 3.26. The van der Waals surface area contributed by atoms with Crippen molar-refractivity contribution in [1.29, 1.82) is 0 Å². The highest BCUT2D eigenvalue weighted by atomic mass is 16.3. The monoisotopic (exact) mass is 363 g/mol. The number of fused-ring (bicyclic) bond motifs is 1. The highest BCUT2D eigenvalue weighted by Gasteiger charge is 2.22. The Morgan fingerprint density at radius 1 is 1.22 bits per heavy atom. The van der Waals surface area contributed by atoms with Gasteiger partial charge in [-0.3, -0.25) is 4.79 Å². The Morgan fingerprint density at radius 3 is 2.74 bits per heavy atom. The van der Waals surface area contributed by atoms with Crippen LogP contribution in [0.1, 0.15) is 48.7 Å². The van der Waals surface area contributed by atoms with E-state index in [1.165, 1.54) is 0 Å². The van der Waals surface area contributed by atoms with Gasteiger partial charge in [0.05, 0.1) is 11.7 Å². The number of hydrogen-bond donors (Lipinski definition) is 1. The average molecular weight is 363 g/mol. The number of aliphatic hydroxyl groups excluding tert-OH is 1. The van der Waals surface area contributed by atoms with Crippen molar-refractivity contribution in [2.45, 2.75) is 32.8 Å². The molecule has 0 radical (unpaired) electrons. The molecule has 3 aromatic rings. The lowest BCUT2D eigenvalue weighted by Crippen LogP contribution is -2.37. The minimum atomic E-state index is -0.517. The van der Waals surface area contributed by atoms with Crippen molar-refractivity contribution in [2.24, 2.45) is 5.92 Å². The van der Waals surface area contributed by atoms with Crippen LogP contribution in [-0.4, -0.2) is 38.6 Å². The fraction of sp³-hybridized carbons (Fsp3) is 0.364. The van der Waals surface area contributed by atoms with E-state index in [1.807, 2.05) is 52.1 Å². The molecule has 1 saturated heterocycles. The van der Waals surface area contributed by atoms with Crippen molar-refractivity contribution in [1.82, 2.24) is 14.5 Å². The lowest BCUT2D eigenvalue weighted by Gasteiger charge is -2.30. The van der Waals surface area contributed by atoms with Crippen molar-refractivity contribution < 1.29 is 9.90 Å². The maximum absolute atomic E-state index is 12.8. The number of rotatable bonds is 3. The molecule has 1 atom stereocenters. The molecule has 1 aliphatic heterocycles. The van der Waals surface area contributed by atoms with E-state index in [1.54, 1.807) is 13.1 Å². The number of carbonyl (C=O) groups is 1. The Bertz CT molecular complexity index is 969. The summed E-state index contributed by atoms with van der Waals surface area (Å²) in [6.07, 6.45) is 5.25. The van der Waals surface area contributed by atoms with Gasteiger partial charge in [-0.25, -0.2) is 4.98 Å². The van der Waals surface area contributed by atoms with Crippen LogP contribution in [0.25, 0.3) is 16.7 Å². The molecular formula is C22H25N3O2. The Labute approximate surface area is 159 Å². The Balaban J connectivity index is 1.64. The van der Waals surface area contributed by atoms with E-state index in [-0.39, 0.29) is 5.91 Å². The van der Waals surface area contributed by atoms with Gasteiger partial charge in [0, 0.05) is 36.6 Å². The normalized spacial score (nSPS) is 16.6. The summed E-state index contributed by atoms with van der Waals surface area (Å²) in [6.45, 7) is 5.64. The summed E-state index contributed by atoms with van der Waals surface area (Å²) >= 11 is 0. The average Bonchev–Trinajstić information content (AvgIpc) is 3.11. The van der Waals surface area contributed by atoms with Gasteiger partial charge in [0.15, 0.2) is 0 Å². The molecule has 3 heterocycles. The number of amides is 1. The van der Waals surface area contributed by atoms with Gasteiger partial charge >= 0.3 is 0 Å². The second kappa shape index (κ2) is 7.16. The molecule has 0 bridgehead atoms. The molecule has 1 unspecified atom stereocenters. The van der Waals surface area contributed by atoms with E-state index in [9.17, 15) is 9.90 Å². The SMILES string of the molecule is CC1CCN(C(=O)c2cnc3c(ccn3-c3cccc(C(C)O)c3)c2)CC1. The zero-order chi connectivity index (χ0) is 19.0. The Morgan fingerprint density at radius 2 is 2.00 bits per heavy atom. The van der Waals surface area contributed by atoms with Crippen molar-refractivity contribution in [3.63, 3.8) is 0 Å². The molecule has 5 nitrogen and oxygen atoms in total. The van der Waals surface area contributed by atoms with Crippen LogP contribution < -0.4 is 0 Å². The molecule has 140 valence electrons. The summed E-state index contributed by atoms with van der Waals surface area (Å²) in [5, 5.41) is 10.8. The first kappa shape index (κ1) is 17.7. The Kier molecular flexibility index (Phi) is 4.70. The number of carbonyl (C=O) groups excluding carboxylic acids is 1. The highest BCUT2D eigenvalue weighted by Crippen LogP contribution is 2.24. The summed E-state index contributed by atoms with van der Waals surface area (Å²) in [7, 11) is 0. The molecule has 27 heavy (non-hydrogen) atoms. The van der Waals surface area contributed by atoms with Crippen LogP contribution in [0.2, 0.25) is 0 Å².